The van der Waals surface area contributed by atoms with E-state index in [0.717, 1.165) is 5.56 Å². The molecule has 4 atom stereocenters. The number of carboxylic acids is 1. The molecule has 1 heterocycles. The fraction of sp³-hybridized carbons (Fsp3) is 0.526. The average molecular weight is 409 g/mol. The highest BCUT2D eigenvalue weighted by Crippen LogP contribution is 2.19. The Morgan fingerprint density at radius 1 is 1.31 bits per heavy atom. The van der Waals surface area contributed by atoms with Crippen molar-refractivity contribution in [1.82, 2.24) is 10.6 Å². The number of carbonyl (C=O) groups is 3. The fourth-order valence-corrected chi connectivity index (χ4v) is 3.10. The Labute approximate surface area is 168 Å². The van der Waals surface area contributed by atoms with Gasteiger partial charge >= 0.3 is 11.9 Å². The number of rotatable bonds is 10. The maximum atomic E-state index is 11.8. The molecular formula is C19H27N3O7. The minimum atomic E-state index is -1.15. The lowest BCUT2D eigenvalue weighted by molar-refractivity contribution is -0.151. The van der Waals surface area contributed by atoms with Gasteiger partial charge in [0.25, 0.3) is 5.91 Å². The number of nitrogens with two attached hydrogens (primary N) is 1. The van der Waals surface area contributed by atoms with Gasteiger partial charge < -0.3 is 36.1 Å². The largest absolute Gasteiger partial charge is 0.484 e. The summed E-state index contributed by atoms with van der Waals surface area (Å²) in [7, 11) is 0. The van der Waals surface area contributed by atoms with Gasteiger partial charge in [0.1, 0.15) is 24.0 Å². The van der Waals surface area contributed by atoms with Crippen molar-refractivity contribution in [3.05, 3.63) is 29.8 Å². The Morgan fingerprint density at radius 2 is 2.00 bits per heavy atom. The van der Waals surface area contributed by atoms with Crippen LogP contribution in [-0.4, -0.2) is 72.0 Å². The number of aliphatic carboxylic acids is 1. The van der Waals surface area contributed by atoms with Crippen molar-refractivity contribution >= 4 is 17.8 Å². The van der Waals surface area contributed by atoms with Crippen LogP contribution in [0.3, 0.4) is 0 Å². The van der Waals surface area contributed by atoms with Crippen LogP contribution in [0.2, 0.25) is 0 Å². The normalized spacial score (nSPS) is 22.0. The first-order valence-corrected chi connectivity index (χ1v) is 9.32. The Bertz CT molecular complexity index is 710. The van der Waals surface area contributed by atoms with E-state index < -0.39 is 36.1 Å². The molecule has 0 spiro atoms. The number of hydrogen-bond acceptors (Lipinski definition) is 8. The average Bonchev–Trinajstić information content (AvgIpc) is 3.00. The first-order valence-electron chi connectivity index (χ1n) is 9.32. The van der Waals surface area contributed by atoms with Crippen molar-refractivity contribution in [3.8, 4) is 5.75 Å². The van der Waals surface area contributed by atoms with Crippen molar-refractivity contribution in [2.45, 2.75) is 44.1 Å². The maximum absolute atomic E-state index is 11.8. The van der Waals surface area contributed by atoms with E-state index in [2.05, 4.69) is 10.6 Å². The summed E-state index contributed by atoms with van der Waals surface area (Å²) < 4.78 is 10.6. The standard InChI is InChI=1S/C19H27N3O7/c1-11(23)29-18-15(21-9-16(18)24)8-12-2-4-13(5-3-12)28-10-17(25)22-14(6-7-20)19(26)27/h2-5,14-16,18,21,24H,6-10,20H2,1H3,(H,22,25)(H,26,27)/t14-,15+,16-,18-/m0/s1. The van der Waals surface area contributed by atoms with E-state index >= 15 is 0 Å². The van der Waals surface area contributed by atoms with Gasteiger partial charge in [-0.15, -0.1) is 0 Å². The molecule has 1 aliphatic heterocycles. The molecule has 1 aromatic carbocycles. The monoisotopic (exact) mass is 409 g/mol. The van der Waals surface area contributed by atoms with Gasteiger partial charge in [-0.2, -0.15) is 0 Å². The first-order chi connectivity index (χ1) is 13.8. The molecule has 0 aliphatic carbocycles. The number of amides is 1. The summed E-state index contributed by atoms with van der Waals surface area (Å²) in [6.07, 6.45) is -0.690. The van der Waals surface area contributed by atoms with Crippen LogP contribution in [0.1, 0.15) is 18.9 Å². The summed E-state index contributed by atoms with van der Waals surface area (Å²) in [5, 5.41) is 24.4. The minimum Gasteiger partial charge on any atom is -0.484 e. The molecule has 10 heteroatoms. The third-order valence-electron chi connectivity index (χ3n) is 4.50. The molecule has 1 fully saturated rings. The van der Waals surface area contributed by atoms with E-state index in [1.165, 1.54) is 6.92 Å². The predicted octanol–water partition coefficient (Wildman–Crippen LogP) is -1.21. The number of benzene rings is 1. The number of β-amino-alcohol motifs (C(OH)–C–C–N with tert-alkyl or cyclic N) is 1. The van der Waals surface area contributed by atoms with E-state index in [9.17, 15) is 19.5 Å². The second-order valence-electron chi connectivity index (χ2n) is 6.83. The minimum absolute atomic E-state index is 0.133. The number of hydrogen-bond donors (Lipinski definition) is 5. The van der Waals surface area contributed by atoms with Crippen LogP contribution in [0.4, 0.5) is 0 Å². The molecule has 0 unspecified atom stereocenters. The maximum Gasteiger partial charge on any atom is 0.326 e. The van der Waals surface area contributed by atoms with Crippen LogP contribution in [0, 0.1) is 0 Å². The van der Waals surface area contributed by atoms with Gasteiger partial charge in [-0.05, 0) is 37.1 Å². The Hall–Kier alpha value is -2.69. The van der Waals surface area contributed by atoms with Crippen molar-refractivity contribution in [1.29, 1.82) is 0 Å². The van der Waals surface area contributed by atoms with Gasteiger partial charge in [0, 0.05) is 13.5 Å². The second-order valence-corrected chi connectivity index (χ2v) is 6.83. The number of ether oxygens (including phenoxy) is 2. The third kappa shape index (κ3) is 7.00. The number of aliphatic hydroxyl groups excluding tert-OH is 1. The molecule has 10 nitrogen and oxygen atoms in total. The van der Waals surface area contributed by atoms with Crippen molar-refractivity contribution in [2.24, 2.45) is 5.73 Å². The molecule has 160 valence electrons. The van der Waals surface area contributed by atoms with Gasteiger partial charge in [-0.25, -0.2) is 4.79 Å². The highest BCUT2D eigenvalue weighted by molar-refractivity contribution is 5.84. The van der Waals surface area contributed by atoms with Crippen molar-refractivity contribution < 1.29 is 34.1 Å². The quantitative estimate of drug-likeness (QED) is 0.299. The summed E-state index contributed by atoms with van der Waals surface area (Å²) in [5.74, 6) is -1.69. The van der Waals surface area contributed by atoms with E-state index in [1.807, 2.05) is 0 Å². The van der Waals surface area contributed by atoms with Crippen LogP contribution in [-0.2, 0) is 25.5 Å². The van der Waals surface area contributed by atoms with Crippen molar-refractivity contribution in [2.75, 3.05) is 19.7 Å². The van der Waals surface area contributed by atoms with Gasteiger partial charge in [0.2, 0.25) is 0 Å². The topological polar surface area (TPSA) is 160 Å². The number of carboxylic acid groups (broad SMARTS) is 1. The molecular weight excluding hydrogens is 382 g/mol. The van der Waals surface area contributed by atoms with Crippen LogP contribution in [0.15, 0.2) is 24.3 Å². The van der Waals surface area contributed by atoms with E-state index in [4.69, 9.17) is 20.3 Å². The molecule has 1 aromatic rings. The van der Waals surface area contributed by atoms with Gasteiger partial charge in [0.05, 0.1) is 6.04 Å². The van der Waals surface area contributed by atoms with Gasteiger partial charge in [-0.3, -0.25) is 9.59 Å². The molecule has 0 bridgehead atoms. The van der Waals surface area contributed by atoms with Crippen LogP contribution in [0.5, 0.6) is 5.75 Å². The molecule has 6 N–H and O–H groups in total. The molecule has 1 aliphatic rings. The molecule has 0 saturated carbocycles. The zero-order valence-electron chi connectivity index (χ0n) is 16.2. The lowest BCUT2D eigenvalue weighted by Crippen LogP contribution is -2.44. The summed E-state index contributed by atoms with van der Waals surface area (Å²) in [6, 6.07) is 5.73. The van der Waals surface area contributed by atoms with E-state index in [1.54, 1.807) is 24.3 Å². The summed E-state index contributed by atoms with van der Waals surface area (Å²) in [5.41, 5.74) is 6.26. The van der Waals surface area contributed by atoms with E-state index in [0.29, 0.717) is 18.7 Å². The lowest BCUT2D eigenvalue weighted by atomic mass is 10.0. The highest BCUT2D eigenvalue weighted by Gasteiger charge is 2.37. The molecule has 2 rings (SSSR count). The Balaban J connectivity index is 1.84. The second kappa shape index (κ2) is 10.7. The summed E-state index contributed by atoms with van der Waals surface area (Å²) >= 11 is 0. The number of aliphatic hydroxyl groups is 1. The van der Waals surface area contributed by atoms with Gasteiger partial charge in [-0.1, -0.05) is 12.1 Å². The summed E-state index contributed by atoms with van der Waals surface area (Å²) in [4.78, 5) is 34.1. The Kier molecular flexibility index (Phi) is 8.37. The number of esters is 1. The smallest absolute Gasteiger partial charge is 0.326 e. The van der Waals surface area contributed by atoms with Crippen LogP contribution >= 0.6 is 0 Å². The van der Waals surface area contributed by atoms with Crippen molar-refractivity contribution in [3.63, 3.8) is 0 Å². The SMILES string of the molecule is CC(=O)O[C@@H]1[C@@H](O)CN[C@@H]1Cc1ccc(OCC(=O)N[C@@H](CCN)C(=O)O)cc1. The van der Waals surface area contributed by atoms with Crippen LogP contribution < -0.4 is 21.1 Å². The zero-order valence-corrected chi connectivity index (χ0v) is 16.2. The number of nitrogens with one attached hydrogen (secondary N) is 2. The Morgan fingerprint density at radius 3 is 2.59 bits per heavy atom. The zero-order chi connectivity index (χ0) is 21.4. The molecule has 0 aromatic heterocycles. The first kappa shape index (κ1) is 22.6. The molecule has 29 heavy (non-hydrogen) atoms. The van der Waals surface area contributed by atoms with E-state index in [-0.39, 0.29) is 25.6 Å². The molecule has 0 radical (unpaired) electrons. The number of carbonyl (C=O) groups excluding carboxylic acids is 2. The third-order valence-corrected chi connectivity index (χ3v) is 4.50. The van der Waals surface area contributed by atoms with Gasteiger partial charge in [0.15, 0.2) is 6.61 Å². The fourth-order valence-electron chi connectivity index (χ4n) is 3.10. The predicted molar refractivity (Wildman–Crippen MR) is 102 cm³/mol. The molecule has 1 amide bonds. The summed E-state index contributed by atoms with van der Waals surface area (Å²) in [6.45, 7) is 1.48. The highest BCUT2D eigenvalue weighted by atomic mass is 16.6. The lowest BCUT2D eigenvalue weighted by Gasteiger charge is -2.21. The molecule has 1 saturated heterocycles. The van der Waals surface area contributed by atoms with Crippen LogP contribution in [0.25, 0.3) is 0 Å².